The Morgan fingerprint density at radius 3 is 2.61 bits per heavy atom. The lowest BCUT2D eigenvalue weighted by Crippen LogP contribution is -2.51. The molecule has 4 aliphatic carbocycles. The van der Waals surface area contributed by atoms with Crippen molar-refractivity contribution in [2.24, 2.45) is 39.7 Å². The fourth-order valence-corrected chi connectivity index (χ4v) is 9.22. The highest BCUT2D eigenvalue weighted by atomic mass is 16.7. The van der Waals surface area contributed by atoms with E-state index < -0.39 is 6.09 Å². The number of Topliss-reactive ketones (excluding diaryl/α,β-unsaturated/α-hetero) is 1. The van der Waals surface area contributed by atoms with Gasteiger partial charge in [-0.3, -0.25) is 14.4 Å². The molecule has 0 aromatic rings. The van der Waals surface area contributed by atoms with Gasteiger partial charge < -0.3 is 10.2 Å². The standard InChI is InChI=1S/C31H47N3O4/c1-19(2)34(17-13-27-28(36)12-16-32-27)29(37)38-33-20(3)24-8-9-25-23-7-6-21-18-22(35)10-14-30(21,4)26(23)11-15-31(24,25)5/h18-19,23-27,32H,6-17H2,1-5H3/b33-20+/t23-,24+,25-,26-,27?,30-,31+/m0/s1. The number of hydrogen-bond donors (Lipinski definition) is 1. The largest absolute Gasteiger partial charge is 0.436 e. The van der Waals surface area contributed by atoms with E-state index in [1.807, 2.05) is 26.8 Å². The van der Waals surface area contributed by atoms with Crippen LogP contribution in [0, 0.1) is 34.5 Å². The van der Waals surface area contributed by atoms with Gasteiger partial charge >= 0.3 is 6.09 Å². The molecular formula is C31H47N3O4. The number of amides is 1. The first-order valence-corrected chi connectivity index (χ1v) is 15.1. The van der Waals surface area contributed by atoms with E-state index >= 15 is 0 Å². The van der Waals surface area contributed by atoms with Crippen LogP contribution in [0.25, 0.3) is 0 Å². The first-order chi connectivity index (χ1) is 18.0. The van der Waals surface area contributed by atoms with Crippen molar-refractivity contribution in [3.8, 4) is 0 Å². The monoisotopic (exact) mass is 525 g/mol. The molecule has 210 valence electrons. The molecule has 4 fully saturated rings. The van der Waals surface area contributed by atoms with Gasteiger partial charge in [-0.15, -0.1) is 0 Å². The van der Waals surface area contributed by atoms with Crippen molar-refractivity contribution >= 4 is 23.4 Å². The van der Waals surface area contributed by atoms with Crippen LogP contribution in [0.2, 0.25) is 0 Å². The van der Waals surface area contributed by atoms with E-state index in [1.165, 1.54) is 31.3 Å². The number of nitrogens with one attached hydrogen (secondary N) is 1. The highest BCUT2D eigenvalue weighted by Gasteiger charge is 2.59. The molecule has 0 bridgehead atoms. The minimum atomic E-state index is -0.431. The van der Waals surface area contributed by atoms with Crippen LogP contribution in [0.1, 0.15) is 98.8 Å². The maximum absolute atomic E-state index is 13.0. The second-order valence-corrected chi connectivity index (χ2v) is 13.5. The fourth-order valence-electron chi connectivity index (χ4n) is 9.22. The third-order valence-corrected chi connectivity index (χ3v) is 11.4. The van der Waals surface area contributed by atoms with Crippen LogP contribution in [-0.4, -0.2) is 53.4 Å². The second kappa shape index (κ2) is 10.5. The van der Waals surface area contributed by atoms with E-state index in [9.17, 15) is 14.4 Å². The summed E-state index contributed by atoms with van der Waals surface area (Å²) in [5.74, 6) is 2.90. The zero-order chi connectivity index (χ0) is 27.2. The molecule has 1 amide bonds. The molecule has 1 N–H and O–H groups in total. The molecule has 0 spiro atoms. The molecule has 5 rings (SSSR count). The Morgan fingerprint density at radius 1 is 1.11 bits per heavy atom. The summed E-state index contributed by atoms with van der Waals surface area (Å²) in [6.45, 7) is 12.1. The summed E-state index contributed by atoms with van der Waals surface area (Å²) < 4.78 is 0. The first-order valence-electron chi connectivity index (χ1n) is 15.1. The molecule has 7 atom stereocenters. The number of rotatable bonds is 6. The Morgan fingerprint density at radius 2 is 1.89 bits per heavy atom. The molecule has 7 heteroatoms. The number of ketones is 2. The van der Waals surface area contributed by atoms with E-state index in [0.29, 0.717) is 55.3 Å². The number of fused-ring (bicyclic) bond motifs is 5. The summed E-state index contributed by atoms with van der Waals surface area (Å²) in [4.78, 5) is 44.3. The number of oxime groups is 1. The highest BCUT2D eigenvalue weighted by Crippen LogP contribution is 2.66. The van der Waals surface area contributed by atoms with Crippen molar-refractivity contribution in [2.45, 2.75) is 111 Å². The predicted octanol–water partition coefficient (Wildman–Crippen LogP) is 5.68. The van der Waals surface area contributed by atoms with Gasteiger partial charge in [0.1, 0.15) is 0 Å². The molecule has 0 aromatic carbocycles. The number of hydrogen-bond acceptors (Lipinski definition) is 6. The van der Waals surface area contributed by atoms with Gasteiger partial charge in [-0.25, -0.2) is 4.79 Å². The lowest BCUT2D eigenvalue weighted by Gasteiger charge is -2.58. The Balaban J connectivity index is 1.24. The van der Waals surface area contributed by atoms with Crippen molar-refractivity contribution in [3.05, 3.63) is 11.6 Å². The molecule has 1 aliphatic heterocycles. The maximum Gasteiger partial charge on any atom is 0.436 e. The van der Waals surface area contributed by atoms with E-state index in [1.54, 1.807) is 4.90 Å². The summed E-state index contributed by atoms with van der Waals surface area (Å²) in [5, 5.41) is 7.65. The molecule has 38 heavy (non-hydrogen) atoms. The molecule has 1 heterocycles. The van der Waals surface area contributed by atoms with Gasteiger partial charge in [0.15, 0.2) is 11.6 Å². The summed E-state index contributed by atoms with van der Waals surface area (Å²) >= 11 is 0. The molecule has 5 aliphatic rings. The van der Waals surface area contributed by atoms with E-state index in [4.69, 9.17) is 4.84 Å². The topological polar surface area (TPSA) is 88.1 Å². The number of allylic oxidation sites excluding steroid dienone is 1. The summed E-state index contributed by atoms with van der Waals surface area (Å²) in [6, 6.07) is -0.192. The molecular weight excluding hydrogens is 478 g/mol. The van der Waals surface area contributed by atoms with Crippen LogP contribution in [0.3, 0.4) is 0 Å². The maximum atomic E-state index is 13.0. The van der Waals surface area contributed by atoms with Crippen LogP contribution in [0.15, 0.2) is 16.8 Å². The number of carbonyl (C=O) groups excluding carboxylic acids is 3. The first kappa shape index (κ1) is 27.5. The molecule has 1 unspecified atom stereocenters. The molecule has 7 nitrogen and oxygen atoms in total. The summed E-state index contributed by atoms with van der Waals surface area (Å²) in [7, 11) is 0. The van der Waals surface area contributed by atoms with E-state index in [-0.39, 0.29) is 28.7 Å². The van der Waals surface area contributed by atoms with Crippen LogP contribution >= 0.6 is 0 Å². The lowest BCUT2D eigenvalue weighted by atomic mass is 9.46. The van der Waals surface area contributed by atoms with Crippen LogP contribution in [0.4, 0.5) is 4.79 Å². The molecule has 0 aromatic heterocycles. The van der Waals surface area contributed by atoms with Crippen molar-refractivity contribution in [1.82, 2.24) is 10.2 Å². The smallest absolute Gasteiger partial charge is 0.307 e. The summed E-state index contributed by atoms with van der Waals surface area (Å²) in [5.41, 5.74) is 2.72. The zero-order valence-electron chi connectivity index (χ0n) is 24.1. The average Bonchev–Trinajstić information content (AvgIpc) is 3.45. The highest BCUT2D eigenvalue weighted by molar-refractivity contribution is 5.91. The van der Waals surface area contributed by atoms with Gasteiger partial charge in [-0.1, -0.05) is 24.6 Å². The van der Waals surface area contributed by atoms with Crippen molar-refractivity contribution in [3.63, 3.8) is 0 Å². The number of nitrogens with zero attached hydrogens (tertiary/aromatic N) is 2. The second-order valence-electron chi connectivity index (χ2n) is 13.5. The van der Waals surface area contributed by atoms with E-state index in [2.05, 4.69) is 24.3 Å². The van der Waals surface area contributed by atoms with Crippen molar-refractivity contribution < 1.29 is 19.2 Å². The Bertz CT molecular complexity index is 1030. The number of carbonyl (C=O) groups is 3. The Hall–Kier alpha value is -2.02. The normalized spacial score (nSPS) is 38.9. The van der Waals surface area contributed by atoms with Gasteiger partial charge in [0.2, 0.25) is 0 Å². The zero-order valence-corrected chi connectivity index (χ0v) is 24.1. The SMILES string of the molecule is C/C(=N\OC(=O)N(CCC1NCCC1=O)C(C)C)[C@H]1CC[C@H]2[C@@H]3CCC4=CC(=O)CC[C@]4(C)[C@H]3CC[C@]12C. The minimum absolute atomic E-state index is 0.0279. The summed E-state index contributed by atoms with van der Waals surface area (Å²) in [6.07, 6.45) is 11.4. The van der Waals surface area contributed by atoms with Crippen LogP contribution < -0.4 is 5.32 Å². The van der Waals surface area contributed by atoms with Crippen molar-refractivity contribution in [2.75, 3.05) is 13.1 Å². The molecule has 1 saturated heterocycles. The van der Waals surface area contributed by atoms with Gasteiger partial charge in [-0.2, -0.15) is 0 Å². The van der Waals surface area contributed by atoms with Gasteiger partial charge in [0, 0.05) is 37.9 Å². The molecule has 3 saturated carbocycles. The van der Waals surface area contributed by atoms with Crippen molar-refractivity contribution in [1.29, 1.82) is 0 Å². The van der Waals surface area contributed by atoms with Gasteiger partial charge in [0.25, 0.3) is 0 Å². The minimum Gasteiger partial charge on any atom is -0.307 e. The Kier molecular flexibility index (Phi) is 7.62. The van der Waals surface area contributed by atoms with Gasteiger partial charge in [0.05, 0.1) is 11.8 Å². The Labute approximate surface area is 228 Å². The van der Waals surface area contributed by atoms with Crippen LogP contribution in [-0.2, 0) is 14.4 Å². The van der Waals surface area contributed by atoms with Gasteiger partial charge in [-0.05, 0) is 107 Å². The fraction of sp³-hybridized carbons (Fsp3) is 0.806. The quantitative estimate of drug-likeness (QED) is 0.274. The van der Waals surface area contributed by atoms with Crippen LogP contribution in [0.5, 0.6) is 0 Å². The van der Waals surface area contributed by atoms with E-state index in [0.717, 1.165) is 31.5 Å². The third-order valence-electron chi connectivity index (χ3n) is 11.4. The predicted molar refractivity (Wildman–Crippen MR) is 148 cm³/mol. The third kappa shape index (κ3) is 4.77. The molecule has 0 radical (unpaired) electrons. The lowest BCUT2D eigenvalue weighted by molar-refractivity contribution is -0.119. The average molecular weight is 526 g/mol.